The van der Waals surface area contributed by atoms with Crippen molar-refractivity contribution in [1.82, 2.24) is 0 Å². The Morgan fingerprint density at radius 1 is 1.07 bits per heavy atom. The Morgan fingerprint density at radius 3 is 2.17 bits per heavy atom. The quantitative estimate of drug-likeness (QED) is 0.634. The summed E-state index contributed by atoms with van der Waals surface area (Å²) in [6, 6.07) is 7.98. The number of hydrogen-bond acceptors (Lipinski definition) is 6. The number of hydrogen-bond donors (Lipinski definition) is 2. The molecule has 0 aliphatic heterocycles. The number of rotatable bonds is 8. The molecule has 0 saturated carbocycles. The number of aryl methyl sites for hydroxylation is 1. The molecule has 0 saturated heterocycles. The van der Waals surface area contributed by atoms with Crippen LogP contribution in [0.2, 0.25) is 0 Å². The maximum Gasteiger partial charge on any atom is 0.248 e. The molecule has 2 rings (SSSR count). The fourth-order valence-corrected chi connectivity index (χ4v) is 3.61. The highest BCUT2D eigenvalue weighted by molar-refractivity contribution is 7.89. The fourth-order valence-electron chi connectivity index (χ4n) is 2.74. The van der Waals surface area contributed by atoms with Gasteiger partial charge in [0.05, 0.1) is 26.2 Å². The van der Waals surface area contributed by atoms with Crippen LogP contribution in [0.25, 0.3) is 6.08 Å². The van der Waals surface area contributed by atoms with Crippen LogP contribution in [0.5, 0.6) is 17.2 Å². The van der Waals surface area contributed by atoms with Gasteiger partial charge in [-0.05, 0) is 47.9 Å². The third-order valence-corrected chi connectivity index (χ3v) is 5.13. The molecule has 0 unspecified atom stereocenters. The SMILES string of the molecule is CCc1ccc(NC(=O)/C=C/c2cc(OC)c(OC)c(OC)c2)cc1S(N)(=O)=O. The van der Waals surface area contributed by atoms with Gasteiger partial charge in [0.15, 0.2) is 11.5 Å². The average Bonchev–Trinajstić information content (AvgIpc) is 2.70. The molecule has 9 heteroatoms. The molecule has 0 heterocycles. The number of sulfonamides is 1. The molecule has 0 aliphatic carbocycles. The second kappa shape index (κ2) is 9.44. The van der Waals surface area contributed by atoms with Crippen molar-refractivity contribution in [3.05, 3.63) is 47.5 Å². The predicted octanol–water partition coefficient (Wildman–Crippen LogP) is 2.57. The Kier molecular flexibility index (Phi) is 7.24. The first-order valence-electron chi connectivity index (χ1n) is 8.68. The van der Waals surface area contributed by atoms with Crippen LogP contribution >= 0.6 is 0 Å². The van der Waals surface area contributed by atoms with Crippen molar-refractivity contribution in [3.8, 4) is 17.2 Å². The van der Waals surface area contributed by atoms with Gasteiger partial charge in [-0.15, -0.1) is 0 Å². The third-order valence-electron chi connectivity index (χ3n) is 4.14. The van der Waals surface area contributed by atoms with Gasteiger partial charge >= 0.3 is 0 Å². The summed E-state index contributed by atoms with van der Waals surface area (Å²) in [6.07, 6.45) is 3.38. The second-order valence-electron chi connectivity index (χ2n) is 6.00. The number of carbonyl (C=O) groups is 1. The molecule has 1 amide bonds. The van der Waals surface area contributed by atoms with Crippen molar-refractivity contribution in [2.45, 2.75) is 18.2 Å². The summed E-state index contributed by atoms with van der Waals surface area (Å²) in [5.41, 5.74) is 1.56. The first-order chi connectivity index (χ1) is 13.7. The number of anilines is 1. The van der Waals surface area contributed by atoms with Crippen LogP contribution in [0.4, 0.5) is 5.69 Å². The monoisotopic (exact) mass is 420 g/mol. The van der Waals surface area contributed by atoms with Crippen molar-refractivity contribution >= 4 is 27.7 Å². The van der Waals surface area contributed by atoms with Gasteiger partial charge in [-0.2, -0.15) is 0 Å². The number of benzene rings is 2. The minimum atomic E-state index is -3.89. The zero-order valence-electron chi connectivity index (χ0n) is 16.7. The number of nitrogens with one attached hydrogen (secondary N) is 1. The van der Waals surface area contributed by atoms with E-state index in [0.717, 1.165) is 0 Å². The molecule has 156 valence electrons. The van der Waals surface area contributed by atoms with E-state index in [1.807, 2.05) is 6.92 Å². The van der Waals surface area contributed by atoms with Crippen LogP contribution in [0.1, 0.15) is 18.1 Å². The summed E-state index contributed by atoms with van der Waals surface area (Å²) >= 11 is 0. The summed E-state index contributed by atoms with van der Waals surface area (Å²) in [4.78, 5) is 12.3. The van der Waals surface area contributed by atoms with Gasteiger partial charge in [0.2, 0.25) is 21.7 Å². The number of methoxy groups -OCH3 is 3. The topological polar surface area (TPSA) is 117 Å². The van der Waals surface area contributed by atoms with Crippen molar-refractivity contribution in [1.29, 1.82) is 0 Å². The van der Waals surface area contributed by atoms with Crippen molar-refractivity contribution in [2.24, 2.45) is 5.14 Å². The van der Waals surface area contributed by atoms with E-state index in [2.05, 4.69) is 5.32 Å². The third kappa shape index (κ3) is 5.49. The van der Waals surface area contributed by atoms with Gasteiger partial charge in [-0.25, -0.2) is 13.6 Å². The summed E-state index contributed by atoms with van der Waals surface area (Å²) in [5.74, 6) is 0.922. The molecule has 0 aliphatic rings. The van der Waals surface area contributed by atoms with Gasteiger partial charge in [-0.3, -0.25) is 4.79 Å². The largest absolute Gasteiger partial charge is 0.493 e. The highest BCUT2D eigenvalue weighted by atomic mass is 32.2. The zero-order chi connectivity index (χ0) is 21.6. The average molecular weight is 420 g/mol. The maximum absolute atomic E-state index is 12.3. The molecule has 0 aromatic heterocycles. The molecule has 8 nitrogen and oxygen atoms in total. The van der Waals surface area contributed by atoms with E-state index in [-0.39, 0.29) is 4.90 Å². The molecule has 2 aromatic rings. The summed E-state index contributed by atoms with van der Waals surface area (Å²) in [7, 11) is 0.614. The van der Waals surface area contributed by atoms with Crippen LogP contribution in [0.3, 0.4) is 0 Å². The molecular weight excluding hydrogens is 396 g/mol. The Bertz CT molecular complexity index is 1010. The van der Waals surface area contributed by atoms with E-state index in [1.165, 1.54) is 33.5 Å². The number of amides is 1. The van der Waals surface area contributed by atoms with Crippen LogP contribution in [0.15, 0.2) is 41.3 Å². The highest BCUT2D eigenvalue weighted by Gasteiger charge is 2.15. The summed E-state index contributed by atoms with van der Waals surface area (Å²) in [5, 5.41) is 7.88. The smallest absolute Gasteiger partial charge is 0.248 e. The normalized spacial score (nSPS) is 11.3. The summed E-state index contributed by atoms with van der Waals surface area (Å²) < 4.78 is 39.3. The lowest BCUT2D eigenvalue weighted by molar-refractivity contribution is -0.111. The van der Waals surface area contributed by atoms with Gasteiger partial charge in [0, 0.05) is 11.8 Å². The van der Waals surface area contributed by atoms with Crippen molar-refractivity contribution < 1.29 is 27.4 Å². The van der Waals surface area contributed by atoms with Crippen LogP contribution in [-0.2, 0) is 21.2 Å². The molecule has 0 fully saturated rings. The number of nitrogens with two attached hydrogens (primary N) is 1. The van der Waals surface area contributed by atoms with Crippen LogP contribution < -0.4 is 24.7 Å². The molecule has 2 aromatic carbocycles. The second-order valence-corrected chi connectivity index (χ2v) is 7.53. The van der Waals surface area contributed by atoms with E-state index in [9.17, 15) is 13.2 Å². The van der Waals surface area contributed by atoms with E-state index < -0.39 is 15.9 Å². The van der Waals surface area contributed by atoms with Crippen LogP contribution in [-0.4, -0.2) is 35.7 Å². The first-order valence-corrected chi connectivity index (χ1v) is 10.2. The summed E-state index contributed by atoms with van der Waals surface area (Å²) in [6.45, 7) is 1.82. The Hall–Kier alpha value is -3.04. The first kappa shape index (κ1) is 22.3. The lowest BCUT2D eigenvalue weighted by atomic mass is 10.1. The van der Waals surface area contributed by atoms with E-state index in [0.29, 0.717) is 40.5 Å². The van der Waals surface area contributed by atoms with Crippen LogP contribution in [0, 0.1) is 0 Å². The number of primary sulfonamides is 1. The molecule has 0 bridgehead atoms. The number of ether oxygens (including phenoxy) is 3. The van der Waals surface area contributed by atoms with Crippen molar-refractivity contribution in [3.63, 3.8) is 0 Å². The molecule has 3 N–H and O–H groups in total. The Labute approximate surface area is 170 Å². The van der Waals surface area contributed by atoms with Gasteiger partial charge in [0.1, 0.15) is 0 Å². The molecule has 0 radical (unpaired) electrons. The fraction of sp³-hybridized carbons (Fsp3) is 0.250. The van der Waals surface area contributed by atoms with E-state index in [4.69, 9.17) is 19.3 Å². The Morgan fingerprint density at radius 2 is 1.69 bits per heavy atom. The van der Waals surface area contributed by atoms with Gasteiger partial charge in [0.25, 0.3) is 0 Å². The Balaban J connectivity index is 2.24. The van der Waals surface area contributed by atoms with Gasteiger partial charge < -0.3 is 19.5 Å². The minimum absolute atomic E-state index is 0.00796. The zero-order valence-corrected chi connectivity index (χ0v) is 17.5. The molecule has 0 atom stereocenters. The highest BCUT2D eigenvalue weighted by Crippen LogP contribution is 2.38. The maximum atomic E-state index is 12.3. The van der Waals surface area contributed by atoms with E-state index in [1.54, 1.807) is 30.3 Å². The van der Waals surface area contributed by atoms with E-state index >= 15 is 0 Å². The molecule has 0 spiro atoms. The molecule has 29 heavy (non-hydrogen) atoms. The number of carbonyl (C=O) groups excluding carboxylic acids is 1. The minimum Gasteiger partial charge on any atom is -0.493 e. The molecular formula is C20H24N2O6S. The van der Waals surface area contributed by atoms with Gasteiger partial charge in [-0.1, -0.05) is 13.0 Å². The predicted molar refractivity (Wildman–Crippen MR) is 111 cm³/mol. The standard InChI is InChI=1S/C20H24N2O6S/c1-5-14-7-8-15(12-18(14)29(21,24)25)22-19(23)9-6-13-10-16(26-2)20(28-4)17(11-13)27-3/h6-12H,5H2,1-4H3,(H,22,23)(H2,21,24,25)/b9-6+. The lowest BCUT2D eigenvalue weighted by Gasteiger charge is -2.12. The van der Waals surface area contributed by atoms with Crippen molar-refractivity contribution in [2.75, 3.05) is 26.6 Å². The lowest BCUT2D eigenvalue weighted by Crippen LogP contribution is -2.15.